The van der Waals surface area contributed by atoms with Crippen LogP contribution in [-0.4, -0.2) is 19.8 Å². The number of aryl methyl sites for hydroxylation is 1. The molecule has 0 bridgehead atoms. The predicted octanol–water partition coefficient (Wildman–Crippen LogP) is 7.18. The van der Waals surface area contributed by atoms with Crippen molar-refractivity contribution in [3.63, 3.8) is 0 Å². The van der Waals surface area contributed by atoms with Crippen LogP contribution in [0.2, 0.25) is 19.1 Å². The summed E-state index contributed by atoms with van der Waals surface area (Å²) < 4.78 is 0. The highest BCUT2D eigenvalue weighted by molar-refractivity contribution is 6.79. The summed E-state index contributed by atoms with van der Waals surface area (Å²) in [7, 11) is -1.73. The first-order valence-electron chi connectivity index (χ1n) is 11.4. The molecular weight excluding hydrogens is 396 g/mol. The quantitative estimate of drug-likeness (QED) is 0.278. The average molecular weight is 431 g/mol. The fraction of sp³-hybridized carbons (Fsp3) is 0.357. The SMILES string of the molecule is CC1(CCc2ccccc2)CC(C[Si](C)(C)C(c2ccccc2)c2ccccc2)OO1. The molecule has 1 saturated heterocycles. The van der Waals surface area contributed by atoms with Gasteiger partial charge in [-0.05, 0) is 42.5 Å². The molecule has 0 saturated carbocycles. The zero-order valence-corrected chi connectivity index (χ0v) is 20.0. The van der Waals surface area contributed by atoms with Crippen molar-refractivity contribution < 1.29 is 9.78 Å². The lowest BCUT2D eigenvalue weighted by molar-refractivity contribution is -0.321. The molecular formula is C28H34O2Si. The molecule has 1 fully saturated rings. The van der Waals surface area contributed by atoms with Gasteiger partial charge in [-0.3, -0.25) is 0 Å². The standard InChI is InChI=1S/C28H34O2Si/c1-28(20-19-23-13-7-4-8-14-23)21-26(29-30-28)22-31(2,3)27(24-15-9-5-10-16-24)25-17-11-6-12-18-25/h4-18,26-27H,19-22H2,1-3H3. The Bertz CT molecular complexity index is 903. The summed E-state index contributed by atoms with van der Waals surface area (Å²) in [6, 6.07) is 33.7. The molecule has 3 aromatic carbocycles. The van der Waals surface area contributed by atoms with Gasteiger partial charge in [0.2, 0.25) is 0 Å². The molecule has 162 valence electrons. The molecule has 0 aliphatic carbocycles. The van der Waals surface area contributed by atoms with E-state index in [9.17, 15) is 0 Å². The number of hydrogen-bond donors (Lipinski definition) is 0. The highest BCUT2D eigenvalue weighted by atomic mass is 28.3. The van der Waals surface area contributed by atoms with E-state index in [1.165, 1.54) is 16.7 Å². The van der Waals surface area contributed by atoms with Gasteiger partial charge in [0.05, 0.1) is 14.2 Å². The lowest BCUT2D eigenvalue weighted by Crippen LogP contribution is -2.39. The Kier molecular flexibility index (Phi) is 6.76. The maximum absolute atomic E-state index is 5.95. The third kappa shape index (κ3) is 5.54. The Morgan fingerprint density at radius 3 is 1.90 bits per heavy atom. The summed E-state index contributed by atoms with van der Waals surface area (Å²) in [5.74, 6) is 0. The van der Waals surface area contributed by atoms with Crippen molar-refractivity contribution in [2.45, 2.75) is 62.6 Å². The molecule has 4 rings (SSSR count). The van der Waals surface area contributed by atoms with Crippen molar-refractivity contribution in [3.8, 4) is 0 Å². The van der Waals surface area contributed by atoms with Crippen LogP contribution in [0.15, 0.2) is 91.0 Å². The van der Waals surface area contributed by atoms with Gasteiger partial charge in [0.1, 0.15) is 5.60 Å². The topological polar surface area (TPSA) is 18.5 Å². The van der Waals surface area contributed by atoms with Gasteiger partial charge >= 0.3 is 0 Å². The molecule has 1 aliphatic heterocycles. The van der Waals surface area contributed by atoms with Crippen molar-refractivity contribution in [1.82, 2.24) is 0 Å². The molecule has 31 heavy (non-hydrogen) atoms. The fourth-order valence-electron chi connectivity index (χ4n) is 5.13. The molecule has 1 heterocycles. The van der Waals surface area contributed by atoms with Crippen LogP contribution in [0.1, 0.15) is 42.0 Å². The zero-order valence-electron chi connectivity index (χ0n) is 19.0. The van der Waals surface area contributed by atoms with Crippen molar-refractivity contribution in [1.29, 1.82) is 0 Å². The molecule has 2 unspecified atom stereocenters. The van der Waals surface area contributed by atoms with E-state index in [1.807, 2.05) is 0 Å². The molecule has 3 heteroatoms. The lowest BCUT2D eigenvalue weighted by atomic mass is 9.92. The van der Waals surface area contributed by atoms with Gasteiger partial charge in [0.15, 0.2) is 0 Å². The molecule has 3 aromatic rings. The van der Waals surface area contributed by atoms with E-state index in [-0.39, 0.29) is 11.7 Å². The molecule has 2 atom stereocenters. The third-order valence-electron chi connectivity index (χ3n) is 6.63. The summed E-state index contributed by atoms with van der Waals surface area (Å²) in [6.07, 6.45) is 3.13. The largest absolute Gasteiger partial charge is 0.233 e. The van der Waals surface area contributed by atoms with Gasteiger partial charge in [0.25, 0.3) is 0 Å². The second-order valence-electron chi connectivity index (χ2n) is 9.89. The first-order valence-corrected chi connectivity index (χ1v) is 14.7. The monoisotopic (exact) mass is 430 g/mol. The van der Waals surface area contributed by atoms with Gasteiger partial charge in [-0.15, -0.1) is 0 Å². The highest BCUT2D eigenvalue weighted by Gasteiger charge is 2.43. The van der Waals surface area contributed by atoms with E-state index < -0.39 is 8.07 Å². The van der Waals surface area contributed by atoms with Crippen LogP contribution in [0.3, 0.4) is 0 Å². The maximum Gasteiger partial charge on any atom is 0.104 e. The number of hydrogen-bond acceptors (Lipinski definition) is 2. The normalized spacial score (nSPS) is 21.5. The maximum atomic E-state index is 5.95. The lowest BCUT2D eigenvalue weighted by Gasteiger charge is -2.35. The van der Waals surface area contributed by atoms with Crippen LogP contribution in [0.25, 0.3) is 0 Å². The van der Waals surface area contributed by atoms with E-state index in [1.54, 1.807) is 0 Å². The van der Waals surface area contributed by atoms with Gasteiger partial charge < -0.3 is 0 Å². The smallest absolute Gasteiger partial charge is 0.104 e. The van der Waals surface area contributed by atoms with Gasteiger partial charge in [-0.25, -0.2) is 9.78 Å². The summed E-state index contributed by atoms with van der Waals surface area (Å²) in [5, 5.41) is 0. The Morgan fingerprint density at radius 1 is 0.839 bits per heavy atom. The van der Waals surface area contributed by atoms with E-state index in [4.69, 9.17) is 9.78 Å². The summed E-state index contributed by atoms with van der Waals surface area (Å²) >= 11 is 0. The number of rotatable bonds is 8. The van der Waals surface area contributed by atoms with E-state index in [0.29, 0.717) is 5.54 Å². The van der Waals surface area contributed by atoms with Crippen molar-refractivity contribution in [2.24, 2.45) is 0 Å². The minimum absolute atomic E-state index is 0.164. The average Bonchev–Trinajstić information content (AvgIpc) is 3.14. The molecule has 0 radical (unpaired) electrons. The van der Waals surface area contributed by atoms with Crippen LogP contribution in [0.5, 0.6) is 0 Å². The van der Waals surface area contributed by atoms with Crippen LogP contribution in [0.4, 0.5) is 0 Å². The van der Waals surface area contributed by atoms with Crippen LogP contribution >= 0.6 is 0 Å². The highest BCUT2D eigenvalue weighted by Crippen LogP contribution is 2.41. The molecule has 0 N–H and O–H groups in total. The van der Waals surface area contributed by atoms with E-state index in [2.05, 4.69) is 111 Å². The first kappa shape index (κ1) is 22.0. The van der Waals surface area contributed by atoms with Crippen molar-refractivity contribution in [3.05, 3.63) is 108 Å². The Hall–Kier alpha value is -2.20. The van der Waals surface area contributed by atoms with Crippen molar-refractivity contribution in [2.75, 3.05) is 0 Å². The molecule has 0 amide bonds. The number of benzene rings is 3. The van der Waals surface area contributed by atoms with Crippen LogP contribution in [-0.2, 0) is 16.2 Å². The third-order valence-corrected chi connectivity index (χ3v) is 10.4. The minimum Gasteiger partial charge on any atom is -0.233 e. The van der Waals surface area contributed by atoms with E-state index in [0.717, 1.165) is 25.3 Å². The second kappa shape index (κ2) is 9.52. The summed E-state index contributed by atoms with van der Waals surface area (Å²) in [6.45, 7) is 7.21. The first-order chi connectivity index (χ1) is 15.0. The molecule has 0 spiro atoms. The minimum atomic E-state index is -1.73. The summed E-state index contributed by atoms with van der Waals surface area (Å²) in [4.78, 5) is 11.9. The van der Waals surface area contributed by atoms with Crippen LogP contribution < -0.4 is 0 Å². The molecule has 0 aromatic heterocycles. The zero-order chi connectivity index (χ0) is 21.7. The molecule has 2 nitrogen and oxygen atoms in total. The summed E-state index contributed by atoms with van der Waals surface area (Å²) in [5.41, 5.74) is 4.42. The Morgan fingerprint density at radius 2 is 1.35 bits per heavy atom. The van der Waals surface area contributed by atoms with Gasteiger partial charge in [0, 0.05) is 12.0 Å². The van der Waals surface area contributed by atoms with Gasteiger partial charge in [-0.2, -0.15) is 0 Å². The van der Waals surface area contributed by atoms with Gasteiger partial charge in [-0.1, -0.05) is 104 Å². The Labute approximate surface area is 188 Å². The second-order valence-corrected chi connectivity index (χ2v) is 14.9. The Balaban J connectivity index is 1.47. The van der Waals surface area contributed by atoms with Crippen molar-refractivity contribution >= 4 is 8.07 Å². The van der Waals surface area contributed by atoms with E-state index >= 15 is 0 Å². The fourth-order valence-corrected chi connectivity index (χ4v) is 8.94. The molecule has 1 aliphatic rings. The predicted molar refractivity (Wildman–Crippen MR) is 131 cm³/mol. The van der Waals surface area contributed by atoms with Crippen LogP contribution in [0, 0.1) is 0 Å².